The summed E-state index contributed by atoms with van der Waals surface area (Å²) in [5.74, 6) is -0.781. The lowest BCUT2D eigenvalue weighted by atomic mass is 10.2. The van der Waals surface area contributed by atoms with Crippen LogP contribution in [-0.4, -0.2) is 54.6 Å². The van der Waals surface area contributed by atoms with Gasteiger partial charge >= 0.3 is 0 Å². The summed E-state index contributed by atoms with van der Waals surface area (Å²) in [6.45, 7) is 2.83. The van der Waals surface area contributed by atoms with Crippen molar-refractivity contribution in [2.24, 2.45) is 0 Å². The van der Waals surface area contributed by atoms with Crippen molar-refractivity contribution in [2.45, 2.75) is 11.8 Å². The van der Waals surface area contributed by atoms with E-state index in [-0.39, 0.29) is 48.0 Å². The van der Waals surface area contributed by atoms with Crippen LogP contribution in [0.5, 0.6) is 0 Å². The van der Waals surface area contributed by atoms with Crippen LogP contribution in [0, 0.1) is 28.4 Å². The number of nitro benzene ring substituents is 1. The average Bonchev–Trinajstić information content (AvgIpc) is 2.78. The molecule has 0 spiro atoms. The van der Waals surface area contributed by atoms with Gasteiger partial charge in [-0.1, -0.05) is 29.8 Å². The summed E-state index contributed by atoms with van der Waals surface area (Å²) in [7, 11) is -3.63. The van der Waals surface area contributed by atoms with Crippen LogP contribution in [0.25, 0.3) is 0 Å². The minimum atomic E-state index is -3.63. The fourth-order valence-electron chi connectivity index (χ4n) is 3.18. The summed E-state index contributed by atoms with van der Waals surface area (Å²) < 4.78 is 27.0. The second kappa shape index (κ2) is 9.59. The number of rotatable bonds is 6. The number of hydrogen-bond acceptors (Lipinski definition) is 7. The van der Waals surface area contributed by atoms with Crippen molar-refractivity contribution >= 4 is 27.3 Å². The number of anilines is 1. The highest BCUT2D eigenvalue weighted by molar-refractivity contribution is 7.89. The van der Waals surface area contributed by atoms with Crippen LogP contribution in [0.1, 0.15) is 5.56 Å². The van der Waals surface area contributed by atoms with Crippen molar-refractivity contribution in [1.29, 1.82) is 5.26 Å². The number of amides is 1. The number of benzene rings is 2. The van der Waals surface area contributed by atoms with Gasteiger partial charge in [-0.2, -0.15) is 9.57 Å². The Balaban J connectivity index is 1.67. The topological polar surface area (TPSA) is 137 Å². The Morgan fingerprint density at radius 2 is 1.75 bits per heavy atom. The molecule has 0 unspecified atom stereocenters. The molecule has 0 saturated carbocycles. The van der Waals surface area contributed by atoms with Gasteiger partial charge in [0.05, 0.1) is 9.82 Å². The molecular weight excluding hydrogens is 434 g/mol. The summed E-state index contributed by atoms with van der Waals surface area (Å²) in [4.78, 5) is 24.8. The van der Waals surface area contributed by atoms with Gasteiger partial charge in [-0.05, 0) is 25.1 Å². The molecule has 1 aliphatic rings. The number of aryl methyl sites for hydroxylation is 1. The van der Waals surface area contributed by atoms with Crippen LogP contribution in [-0.2, 0) is 14.8 Å². The maximum absolute atomic E-state index is 12.8. The fraction of sp³-hybridized carbons (Fsp3) is 0.238. The molecule has 0 aliphatic carbocycles. The van der Waals surface area contributed by atoms with Gasteiger partial charge in [-0.25, -0.2) is 8.42 Å². The van der Waals surface area contributed by atoms with Gasteiger partial charge in [0, 0.05) is 38.4 Å². The standard InChI is InChI=1S/C21H21N5O5S/c1-16-6-8-18(9-7-16)32(30,31)25-12-10-24(11-13-25)15-17(14-22)21(27)23-19-4-2-3-5-20(19)26(28)29/h2-9,15H,10-13H2,1H3,(H,23,27)/b17-15-. The van der Waals surface area contributed by atoms with Crippen molar-refractivity contribution in [2.75, 3.05) is 31.5 Å². The number of nitro groups is 1. The number of sulfonamides is 1. The maximum Gasteiger partial charge on any atom is 0.292 e. The highest BCUT2D eigenvalue weighted by Crippen LogP contribution is 2.24. The molecule has 1 amide bonds. The molecule has 166 valence electrons. The van der Waals surface area contributed by atoms with E-state index in [9.17, 15) is 28.6 Å². The first-order chi connectivity index (χ1) is 15.2. The zero-order valence-corrected chi connectivity index (χ0v) is 18.1. The first-order valence-electron chi connectivity index (χ1n) is 9.70. The highest BCUT2D eigenvalue weighted by atomic mass is 32.2. The van der Waals surface area contributed by atoms with Gasteiger partial charge in [0.25, 0.3) is 11.6 Å². The molecule has 3 rings (SSSR count). The largest absolute Gasteiger partial charge is 0.373 e. The van der Waals surface area contributed by atoms with Crippen molar-refractivity contribution in [1.82, 2.24) is 9.21 Å². The van der Waals surface area contributed by atoms with Crippen molar-refractivity contribution in [3.63, 3.8) is 0 Å². The molecule has 2 aromatic carbocycles. The monoisotopic (exact) mass is 455 g/mol. The molecule has 1 heterocycles. The Morgan fingerprint density at radius 1 is 1.12 bits per heavy atom. The molecule has 1 fully saturated rings. The molecule has 2 aromatic rings. The van der Waals surface area contributed by atoms with E-state index in [0.717, 1.165) is 5.56 Å². The summed E-state index contributed by atoms with van der Waals surface area (Å²) >= 11 is 0. The normalized spacial score (nSPS) is 15.1. The highest BCUT2D eigenvalue weighted by Gasteiger charge is 2.28. The number of nitrogens with zero attached hydrogens (tertiary/aromatic N) is 4. The summed E-state index contributed by atoms with van der Waals surface area (Å²) in [5.41, 5.74) is 0.422. The minimum absolute atomic E-state index is 0.0161. The quantitative estimate of drug-likeness (QED) is 0.305. The SMILES string of the molecule is Cc1ccc(S(=O)(=O)N2CCN(/C=C(/C#N)C(=O)Nc3ccccc3[N+](=O)[O-])CC2)cc1. The zero-order chi connectivity index (χ0) is 23.3. The summed E-state index contributed by atoms with van der Waals surface area (Å²) in [6.07, 6.45) is 1.35. The molecule has 32 heavy (non-hydrogen) atoms. The predicted molar refractivity (Wildman–Crippen MR) is 117 cm³/mol. The smallest absolute Gasteiger partial charge is 0.292 e. The van der Waals surface area contributed by atoms with Gasteiger partial charge in [0.15, 0.2) is 0 Å². The summed E-state index contributed by atoms with van der Waals surface area (Å²) in [6, 6.07) is 14.0. The van der Waals surface area contributed by atoms with Gasteiger partial charge < -0.3 is 10.2 Å². The number of carbonyl (C=O) groups excluding carboxylic acids is 1. The van der Waals surface area contributed by atoms with E-state index >= 15 is 0 Å². The Morgan fingerprint density at radius 3 is 2.34 bits per heavy atom. The second-order valence-corrected chi connectivity index (χ2v) is 9.07. The lowest BCUT2D eigenvalue weighted by Crippen LogP contribution is -2.46. The number of carbonyl (C=O) groups is 1. The van der Waals surface area contributed by atoms with Crippen LogP contribution in [0.4, 0.5) is 11.4 Å². The van der Waals surface area contributed by atoms with E-state index in [1.54, 1.807) is 35.2 Å². The molecule has 11 heteroatoms. The Hall–Kier alpha value is -3.75. The molecule has 1 saturated heterocycles. The Labute approximate surface area is 185 Å². The maximum atomic E-state index is 12.8. The molecule has 1 aliphatic heterocycles. The average molecular weight is 455 g/mol. The molecular formula is C21H21N5O5S. The van der Waals surface area contributed by atoms with Crippen molar-refractivity contribution < 1.29 is 18.1 Å². The minimum Gasteiger partial charge on any atom is -0.373 e. The van der Waals surface area contributed by atoms with Crippen LogP contribution in [0.15, 0.2) is 65.2 Å². The van der Waals surface area contributed by atoms with Gasteiger partial charge in [0.2, 0.25) is 10.0 Å². The Kier molecular flexibility index (Phi) is 6.87. The third-order valence-corrected chi connectivity index (χ3v) is 6.87. The molecule has 0 radical (unpaired) electrons. The van der Waals surface area contributed by atoms with E-state index in [2.05, 4.69) is 5.32 Å². The number of nitriles is 1. The van der Waals surface area contributed by atoms with Crippen molar-refractivity contribution in [3.05, 3.63) is 76.0 Å². The fourth-order valence-corrected chi connectivity index (χ4v) is 4.60. The van der Waals surface area contributed by atoms with E-state index in [1.807, 2.05) is 6.92 Å². The second-order valence-electron chi connectivity index (χ2n) is 7.14. The zero-order valence-electron chi connectivity index (χ0n) is 17.3. The molecule has 10 nitrogen and oxygen atoms in total. The first-order valence-corrected chi connectivity index (χ1v) is 11.1. The van der Waals surface area contributed by atoms with Crippen LogP contribution < -0.4 is 5.32 Å². The molecule has 0 bridgehead atoms. The van der Waals surface area contributed by atoms with Gasteiger partial charge in [-0.15, -0.1) is 0 Å². The van der Waals surface area contributed by atoms with Gasteiger partial charge in [-0.3, -0.25) is 14.9 Å². The van der Waals surface area contributed by atoms with Crippen molar-refractivity contribution in [3.8, 4) is 6.07 Å². The lowest BCUT2D eigenvalue weighted by Gasteiger charge is -2.33. The number of hydrogen-bond donors (Lipinski definition) is 1. The molecule has 0 atom stereocenters. The van der Waals surface area contributed by atoms with Crippen LogP contribution in [0.3, 0.4) is 0 Å². The Bertz CT molecular complexity index is 1190. The van der Waals surface area contributed by atoms with E-state index in [4.69, 9.17) is 0 Å². The number of para-hydroxylation sites is 2. The third kappa shape index (κ3) is 5.11. The van der Waals surface area contributed by atoms with E-state index in [0.29, 0.717) is 0 Å². The number of nitrogens with one attached hydrogen (secondary N) is 1. The predicted octanol–water partition coefficient (Wildman–Crippen LogP) is 2.26. The number of piperazine rings is 1. The van der Waals surface area contributed by atoms with Crippen LogP contribution in [0.2, 0.25) is 0 Å². The summed E-state index contributed by atoms with van der Waals surface area (Å²) in [5, 5.41) is 22.9. The molecule has 0 aromatic heterocycles. The lowest BCUT2D eigenvalue weighted by molar-refractivity contribution is -0.383. The first kappa shape index (κ1) is 22.9. The van der Waals surface area contributed by atoms with Gasteiger partial charge in [0.1, 0.15) is 17.3 Å². The third-order valence-electron chi connectivity index (χ3n) is 4.96. The molecule has 1 N–H and O–H groups in total. The van der Waals surface area contributed by atoms with Crippen LogP contribution >= 0.6 is 0 Å². The van der Waals surface area contributed by atoms with E-state index < -0.39 is 20.9 Å². The van der Waals surface area contributed by atoms with E-state index in [1.165, 1.54) is 34.8 Å².